The summed E-state index contributed by atoms with van der Waals surface area (Å²) in [6.07, 6.45) is 7.59. The zero-order valence-electron chi connectivity index (χ0n) is 11.2. The summed E-state index contributed by atoms with van der Waals surface area (Å²) in [7, 11) is 0. The summed E-state index contributed by atoms with van der Waals surface area (Å²) in [6.45, 7) is 9.47. The van der Waals surface area contributed by atoms with Crippen molar-refractivity contribution in [1.29, 1.82) is 0 Å². The van der Waals surface area contributed by atoms with E-state index < -0.39 is 0 Å². The van der Waals surface area contributed by atoms with E-state index in [2.05, 4.69) is 49.3 Å². The summed E-state index contributed by atoms with van der Waals surface area (Å²) in [4.78, 5) is 4.64. The van der Waals surface area contributed by atoms with Crippen LogP contribution in [0.1, 0.15) is 51.2 Å². The zero-order valence-corrected chi connectivity index (χ0v) is 12.0. The molecule has 0 fully saturated rings. The van der Waals surface area contributed by atoms with Gasteiger partial charge in [0.2, 0.25) is 0 Å². The molecule has 1 unspecified atom stereocenters. The Labute approximate surface area is 109 Å². The topological polar surface area (TPSA) is 24.9 Å². The van der Waals surface area contributed by atoms with Gasteiger partial charge in [-0.2, -0.15) is 0 Å². The first kappa shape index (κ1) is 14.2. The average molecular weight is 250 g/mol. The molecule has 0 aliphatic carbocycles. The van der Waals surface area contributed by atoms with Crippen LogP contribution < -0.4 is 5.32 Å². The Morgan fingerprint density at radius 2 is 2.24 bits per heavy atom. The van der Waals surface area contributed by atoms with E-state index in [1.807, 2.05) is 0 Å². The molecule has 17 heavy (non-hydrogen) atoms. The van der Waals surface area contributed by atoms with Crippen molar-refractivity contribution in [1.82, 2.24) is 10.3 Å². The molecule has 94 valence electrons. The van der Waals surface area contributed by atoms with Gasteiger partial charge in [0, 0.05) is 17.3 Å². The lowest BCUT2D eigenvalue weighted by Gasteiger charge is -2.14. The van der Waals surface area contributed by atoms with E-state index in [4.69, 9.17) is 6.42 Å². The lowest BCUT2D eigenvalue weighted by atomic mass is 9.98. The maximum absolute atomic E-state index is 5.47. The van der Waals surface area contributed by atoms with Crippen molar-refractivity contribution >= 4 is 11.3 Å². The van der Waals surface area contributed by atoms with E-state index in [-0.39, 0.29) is 11.5 Å². The highest BCUT2D eigenvalue weighted by atomic mass is 32.1. The van der Waals surface area contributed by atoms with Crippen molar-refractivity contribution < 1.29 is 0 Å². The highest BCUT2D eigenvalue weighted by Crippen LogP contribution is 2.25. The van der Waals surface area contributed by atoms with E-state index in [1.165, 1.54) is 5.01 Å². The molecular weight excluding hydrogens is 228 g/mol. The number of hydrogen-bond donors (Lipinski definition) is 1. The maximum Gasteiger partial charge on any atom is 0.0982 e. The lowest BCUT2D eigenvalue weighted by molar-refractivity contribution is 0.550. The quantitative estimate of drug-likeness (QED) is 0.811. The number of thiazole rings is 1. The van der Waals surface area contributed by atoms with Crippen molar-refractivity contribution in [2.24, 2.45) is 0 Å². The standard InChI is InChI=1S/C14H22N2S/c1-6-8-11(7-2)15-9-12-10-17-13(16-12)14(3,4)5/h2,10-11,15H,6,8-9H2,1,3-5H3. The van der Waals surface area contributed by atoms with Gasteiger partial charge in [-0.3, -0.25) is 5.32 Å². The van der Waals surface area contributed by atoms with Crippen molar-refractivity contribution in [3.63, 3.8) is 0 Å². The van der Waals surface area contributed by atoms with Gasteiger partial charge in [-0.1, -0.05) is 40.0 Å². The van der Waals surface area contributed by atoms with Gasteiger partial charge in [0.25, 0.3) is 0 Å². The molecule has 1 aromatic heterocycles. The molecule has 0 radical (unpaired) electrons. The van der Waals surface area contributed by atoms with Crippen LogP contribution in [-0.4, -0.2) is 11.0 Å². The molecule has 1 rings (SSSR count). The SMILES string of the molecule is C#CC(CCC)NCc1csc(C(C)(C)C)n1. The molecule has 0 saturated carbocycles. The van der Waals surface area contributed by atoms with Crippen LogP contribution >= 0.6 is 11.3 Å². The second kappa shape index (κ2) is 6.18. The van der Waals surface area contributed by atoms with Crippen molar-refractivity contribution in [2.45, 2.75) is 58.5 Å². The number of aromatic nitrogens is 1. The monoisotopic (exact) mass is 250 g/mol. The molecule has 0 saturated heterocycles. The summed E-state index contributed by atoms with van der Waals surface area (Å²) < 4.78 is 0. The summed E-state index contributed by atoms with van der Waals surface area (Å²) in [5.74, 6) is 2.77. The number of rotatable bonds is 5. The van der Waals surface area contributed by atoms with Crippen molar-refractivity contribution in [3.05, 3.63) is 16.1 Å². The summed E-state index contributed by atoms with van der Waals surface area (Å²) >= 11 is 1.73. The van der Waals surface area contributed by atoms with E-state index in [0.717, 1.165) is 25.1 Å². The van der Waals surface area contributed by atoms with E-state index in [9.17, 15) is 0 Å². The molecular formula is C14H22N2S. The Morgan fingerprint density at radius 1 is 1.53 bits per heavy atom. The average Bonchev–Trinajstić information content (AvgIpc) is 2.72. The van der Waals surface area contributed by atoms with Crippen LogP contribution in [0.2, 0.25) is 0 Å². The van der Waals surface area contributed by atoms with Crippen LogP contribution in [0.3, 0.4) is 0 Å². The molecule has 0 amide bonds. The number of hydrogen-bond acceptors (Lipinski definition) is 3. The molecule has 0 aliphatic heterocycles. The lowest BCUT2D eigenvalue weighted by Crippen LogP contribution is -2.27. The van der Waals surface area contributed by atoms with Gasteiger partial charge < -0.3 is 0 Å². The second-order valence-corrected chi connectivity index (χ2v) is 6.14. The third-order valence-electron chi connectivity index (χ3n) is 2.50. The number of terminal acetylenes is 1. The summed E-state index contributed by atoms with van der Waals surface area (Å²) in [6, 6.07) is 0.166. The Bertz CT molecular complexity index is 382. The number of nitrogens with one attached hydrogen (secondary N) is 1. The van der Waals surface area contributed by atoms with Gasteiger partial charge in [-0.15, -0.1) is 17.8 Å². The highest BCUT2D eigenvalue weighted by molar-refractivity contribution is 7.09. The van der Waals surface area contributed by atoms with E-state index in [1.54, 1.807) is 11.3 Å². The first-order valence-corrected chi connectivity index (χ1v) is 6.99. The van der Waals surface area contributed by atoms with Gasteiger partial charge in [0.1, 0.15) is 0 Å². The van der Waals surface area contributed by atoms with Gasteiger partial charge in [-0.05, 0) is 6.42 Å². The smallest absolute Gasteiger partial charge is 0.0982 e. The summed E-state index contributed by atoms with van der Waals surface area (Å²) in [5, 5.41) is 6.66. The zero-order chi connectivity index (χ0) is 12.9. The minimum absolute atomic E-state index is 0.137. The fourth-order valence-corrected chi connectivity index (χ4v) is 2.40. The third kappa shape index (κ3) is 4.49. The molecule has 1 N–H and O–H groups in total. The van der Waals surface area contributed by atoms with Crippen LogP contribution in [0, 0.1) is 12.3 Å². The highest BCUT2D eigenvalue weighted by Gasteiger charge is 2.17. The predicted molar refractivity (Wildman–Crippen MR) is 75.2 cm³/mol. The van der Waals surface area contributed by atoms with Crippen LogP contribution in [0.5, 0.6) is 0 Å². The predicted octanol–water partition coefficient (Wildman–Crippen LogP) is 3.33. The van der Waals surface area contributed by atoms with E-state index >= 15 is 0 Å². The van der Waals surface area contributed by atoms with Crippen LogP contribution in [0.4, 0.5) is 0 Å². The van der Waals surface area contributed by atoms with Gasteiger partial charge in [0.15, 0.2) is 0 Å². The summed E-state index contributed by atoms with van der Waals surface area (Å²) in [5.41, 5.74) is 1.23. The second-order valence-electron chi connectivity index (χ2n) is 5.28. The molecule has 0 spiro atoms. The fraction of sp³-hybridized carbons (Fsp3) is 0.643. The normalized spacial score (nSPS) is 13.4. The number of nitrogens with zero attached hydrogens (tertiary/aromatic N) is 1. The molecule has 0 aromatic carbocycles. The molecule has 1 heterocycles. The fourth-order valence-electron chi connectivity index (χ4n) is 1.49. The van der Waals surface area contributed by atoms with Crippen molar-refractivity contribution in [2.75, 3.05) is 0 Å². The van der Waals surface area contributed by atoms with Crippen LogP contribution in [0.25, 0.3) is 0 Å². The Balaban J connectivity index is 2.53. The molecule has 1 aromatic rings. The third-order valence-corrected chi connectivity index (χ3v) is 3.82. The van der Waals surface area contributed by atoms with Gasteiger partial charge in [-0.25, -0.2) is 4.98 Å². The Kier molecular flexibility index (Phi) is 5.17. The molecule has 3 heteroatoms. The Hall–Kier alpha value is -0.850. The van der Waals surface area contributed by atoms with Crippen LogP contribution in [0.15, 0.2) is 5.38 Å². The molecule has 1 atom stereocenters. The van der Waals surface area contributed by atoms with E-state index in [0.29, 0.717) is 0 Å². The maximum atomic E-state index is 5.47. The molecule has 0 bridgehead atoms. The van der Waals surface area contributed by atoms with Gasteiger partial charge in [0.05, 0.1) is 16.7 Å². The van der Waals surface area contributed by atoms with Crippen LogP contribution in [-0.2, 0) is 12.0 Å². The first-order chi connectivity index (χ1) is 7.97. The van der Waals surface area contributed by atoms with Crippen molar-refractivity contribution in [3.8, 4) is 12.3 Å². The minimum Gasteiger partial charge on any atom is -0.298 e. The van der Waals surface area contributed by atoms with Gasteiger partial charge >= 0.3 is 0 Å². The molecule has 0 aliphatic rings. The molecule has 2 nitrogen and oxygen atoms in total. The first-order valence-electron chi connectivity index (χ1n) is 6.11. The Morgan fingerprint density at radius 3 is 2.71 bits per heavy atom. The largest absolute Gasteiger partial charge is 0.298 e. The minimum atomic E-state index is 0.137.